The highest BCUT2D eigenvalue weighted by Crippen LogP contribution is 2.36. The molecule has 1 fully saturated rings. The van der Waals surface area contributed by atoms with Crippen molar-refractivity contribution >= 4 is 10.9 Å². The molecule has 0 amide bonds. The molecule has 2 aromatic carbocycles. The molecule has 0 unspecified atom stereocenters. The molecule has 2 aliphatic heterocycles. The van der Waals surface area contributed by atoms with Gasteiger partial charge in [-0.3, -0.25) is 0 Å². The van der Waals surface area contributed by atoms with Gasteiger partial charge in [0.25, 0.3) is 5.79 Å². The second-order valence-electron chi connectivity index (χ2n) is 8.53. The zero-order valence-electron chi connectivity index (χ0n) is 17.8. The number of rotatable bonds is 6. The van der Waals surface area contributed by atoms with Crippen molar-refractivity contribution in [1.82, 2.24) is 4.98 Å². The van der Waals surface area contributed by atoms with Crippen molar-refractivity contribution in [2.75, 3.05) is 13.2 Å². The third-order valence-electron chi connectivity index (χ3n) is 6.43. The highest BCUT2D eigenvalue weighted by atomic mass is 16.7. The second kappa shape index (κ2) is 8.60. The van der Waals surface area contributed by atoms with E-state index < -0.39 is 37.0 Å². The molecule has 0 spiro atoms. The number of aromatic nitrogens is 1. The maximum atomic E-state index is 10.9. The van der Waals surface area contributed by atoms with Crippen molar-refractivity contribution in [1.29, 1.82) is 0 Å². The van der Waals surface area contributed by atoms with Gasteiger partial charge in [-0.15, -0.1) is 0 Å². The van der Waals surface area contributed by atoms with Crippen molar-refractivity contribution in [3.63, 3.8) is 0 Å². The van der Waals surface area contributed by atoms with Gasteiger partial charge in [0.2, 0.25) is 6.29 Å². The monoisotopic (exact) mass is 457 g/mol. The summed E-state index contributed by atoms with van der Waals surface area (Å²) in [4.78, 5) is 3.18. The van der Waals surface area contributed by atoms with Crippen LogP contribution in [0.3, 0.4) is 0 Å². The van der Waals surface area contributed by atoms with E-state index in [1.54, 1.807) is 12.1 Å². The Morgan fingerprint density at radius 1 is 1.12 bits per heavy atom. The van der Waals surface area contributed by atoms with E-state index in [1.807, 2.05) is 24.4 Å². The van der Waals surface area contributed by atoms with Crippen LogP contribution in [0.5, 0.6) is 11.5 Å². The number of ether oxygens (including phenoxy) is 3. The molecule has 3 aromatic rings. The zero-order chi connectivity index (χ0) is 23.2. The first-order valence-corrected chi connectivity index (χ1v) is 11.0. The summed E-state index contributed by atoms with van der Waals surface area (Å²) in [6.07, 6.45) is -2.60. The fraction of sp³-hybridized carbons (Fsp3) is 0.417. The minimum absolute atomic E-state index is 0.213. The van der Waals surface area contributed by atoms with Gasteiger partial charge < -0.3 is 44.7 Å². The van der Waals surface area contributed by atoms with Gasteiger partial charge in [-0.2, -0.15) is 0 Å². The number of aliphatic hydroxyl groups is 5. The van der Waals surface area contributed by atoms with Crippen molar-refractivity contribution in [2.24, 2.45) is 0 Å². The number of nitrogens with one attached hydrogen (secondary N) is 1. The average Bonchev–Trinajstić information content (AvgIpc) is 3.46. The number of fused-ring (bicyclic) bond motifs is 2. The Hall–Kier alpha value is -2.66. The first-order valence-electron chi connectivity index (χ1n) is 11.0. The molecule has 0 radical (unpaired) electrons. The van der Waals surface area contributed by atoms with E-state index in [0.717, 1.165) is 29.7 Å². The molecule has 0 bridgehead atoms. The van der Waals surface area contributed by atoms with E-state index in [2.05, 4.69) is 11.1 Å². The first kappa shape index (κ1) is 22.1. The lowest BCUT2D eigenvalue weighted by Gasteiger charge is -2.45. The van der Waals surface area contributed by atoms with Gasteiger partial charge in [-0.05, 0) is 47.7 Å². The Labute approximate surface area is 189 Å². The molecule has 1 aromatic heterocycles. The number of aryl methyl sites for hydroxylation is 2. The quantitative estimate of drug-likeness (QED) is 0.292. The SMILES string of the molecule is OC[C@H]1O[C@@H](O)[C@@](O)(Oc2cccc3[nH]cc(CCc4ccc5c(c4)CCO5)c23)[C@@H](O)[C@@H]1O. The smallest absolute Gasteiger partial charge is 0.288 e. The predicted molar refractivity (Wildman–Crippen MR) is 117 cm³/mol. The lowest BCUT2D eigenvalue weighted by Crippen LogP contribution is -2.69. The van der Waals surface area contributed by atoms with Crippen molar-refractivity contribution in [2.45, 2.75) is 49.7 Å². The van der Waals surface area contributed by atoms with E-state index in [-0.39, 0.29) is 5.75 Å². The summed E-state index contributed by atoms with van der Waals surface area (Å²) in [5.41, 5.74) is 4.06. The number of benzene rings is 2. The van der Waals surface area contributed by atoms with Crippen LogP contribution in [0.2, 0.25) is 0 Å². The minimum Gasteiger partial charge on any atom is -0.493 e. The van der Waals surface area contributed by atoms with Gasteiger partial charge in [0, 0.05) is 23.5 Å². The average molecular weight is 457 g/mol. The van der Waals surface area contributed by atoms with Crippen LogP contribution >= 0.6 is 0 Å². The summed E-state index contributed by atoms with van der Waals surface area (Å²) in [5.74, 6) is -1.48. The van der Waals surface area contributed by atoms with Crippen molar-refractivity contribution in [3.05, 3.63) is 59.3 Å². The van der Waals surface area contributed by atoms with Gasteiger partial charge in [-0.1, -0.05) is 18.2 Å². The molecule has 5 atom stereocenters. The molecule has 9 heteroatoms. The van der Waals surface area contributed by atoms with E-state index in [1.165, 1.54) is 11.1 Å². The Morgan fingerprint density at radius 2 is 1.97 bits per heavy atom. The summed E-state index contributed by atoms with van der Waals surface area (Å²) in [5, 5.41) is 51.8. The zero-order valence-corrected chi connectivity index (χ0v) is 17.8. The minimum atomic E-state index is -2.63. The molecule has 6 N–H and O–H groups in total. The largest absolute Gasteiger partial charge is 0.493 e. The maximum Gasteiger partial charge on any atom is 0.288 e. The molecule has 0 saturated carbocycles. The Bertz CT molecular complexity index is 1150. The molecular formula is C24H27NO8. The Kier molecular flexibility index (Phi) is 5.77. The molecule has 3 heterocycles. The number of hydrogen-bond acceptors (Lipinski definition) is 8. The van der Waals surface area contributed by atoms with E-state index >= 15 is 0 Å². The topological polar surface area (TPSA) is 145 Å². The molecule has 176 valence electrons. The van der Waals surface area contributed by atoms with Crippen LogP contribution in [-0.2, 0) is 24.0 Å². The van der Waals surface area contributed by atoms with E-state index in [4.69, 9.17) is 14.2 Å². The van der Waals surface area contributed by atoms with Crippen LogP contribution < -0.4 is 9.47 Å². The molecule has 5 rings (SSSR count). The third kappa shape index (κ3) is 3.86. The first-order chi connectivity index (χ1) is 15.9. The van der Waals surface area contributed by atoms with Gasteiger partial charge in [0.15, 0.2) is 6.10 Å². The van der Waals surface area contributed by atoms with Crippen LogP contribution in [0.4, 0.5) is 0 Å². The maximum absolute atomic E-state index is 10.9. The number of aromatic amines is 1. The van der Waals surface area contributed by atoms with Crippen molar-refractivity contribution in [3.8, 4) is 11.5 Å². The third-order valence-corrected chi connectivity index (χ3v) is 6.43. The number of aliphatic hydroxyl groups excluding tert-OH is 4. The van der Waals surface area contributed by atoms with E-state index in [0.29, 0.717) is 18.4 Å². The van der Waals surface area contributed by atoms with Crippen molar-refractivity contribution < 1.29 is 39.7 Å². The molecule has 2 aliphatic rings. The normalized spacial score (nSPS) is 29.1. The second-order valence-corrected chi connectivity index (χ2v) is 8.53. The summed E-state index contributed by atoms with van der Waals surface area (Å²) < 4.78 is 16.4. The highest BCUT2D eigenvalue weighted by Gasteiger charge is 2.57. The van der Waals surface area contributed by atoms with Crippen LogP contribution in [0.15, 0.2) is 42.6 Å². The van der Waals surface area contributed by atoms with E-state index in [9.17, 15) is 25.5 Å². The predicted octanol–water partition coefficient (Wildman–Crippen LogP) is 0.387. The Morgan fingerprint density at radius 3 is 2.79 bits per heavy atom. The van der Waals surface area contributed by atoms with Gasteiger partial charge >= 0.3 is 0 Å². The molecular weight excluding hydrogens is 430 g/mol. The number of hydrogen-bond donors (Lipinski definition) is 6. The van der Waals surface area contributed by atoms with Crippen LogP contribution in [-0.4, -0.2) is 74.1 Å². The summed E-state index contributed by atoms with van der Waals surface area (Å²) in [7, 11) is 0. The van der Waals surface area contributed by atoms with Gasteiger partial charge in [0.1, 0.15) is 23.7 Å². The molecule has 33 heavy (non-hydrogen) atoms. The van der Waals surface area contributed by atoms with Crippen LogP contribution in [0.25, 0.3) is 10.9 Å². The molecule has 1 saturated heterocycles. The van der Waals surface area contributed by atoms with Gasteiger partial charge in [0.05, 0.1) is 13.2 Å². The number of H-pyrrole nitrogens is 1. The molecule has 0 aliphatic carbocycles. The lowest BCUT2D eigenvalue weighted by atomic mass is 9.95. The highest BCUT2D eigenvalue weighted by molar-refractivity contribution is 5.89. The van der Waals surface area contributed by atoms with Gasteiger partial charge in [-0.25, -0.2) is 0 Å². The Balaban J connectivity index is 1.41. The summed E-state index contributed by atoms with van der Waals surface area (Å²) in [6, 6.07) is 11.4. The molecule has 9 nitrogen and oxygen atoms in total. The summed E-state index contributed by atoms with van der Waals surface area (Å²) >= 11 is 0. The fourth-order valence-corrected chi connectivity index (χ4v) is 4.55. The fourth-order valence-electron chi connectivity index (χ4n) is 4.55. The standard InChI is InChI=1S/C24H27NO8/c26-12-19-21(27)22(28)24(30,23(29)32-19)33-18-3-1-2-16-20(18)15(11-25-16)6-4-13-5-7-17-14(10-13)8-9-31-17/h1-3,5,7,10-11,19,21-23,25-30H,4,6,8-9,12H2/t19-,21-,22+,23-,24+/m1/s1. The van der Waals surface area contributed by atoms with Crippen LogP contribution in [0, 0.1) is 0 Å². The summed E-state index contributed by atoms with van der Waals surface area (Å²) in [6.45, 7) is 0.0672. The van der Waals surface area contributed by atoms with Crippen LogP contribution in [0.1, 0.15) is 16.7 Å². The lowest BCUT2D eigenvalue weighted by molar-refractivity contribution is -0.385.